The summed E-state index contributed by atoms with van der Waals surface area (Å²) in [6, 6.07) is 5.16. The zero-order chi connectivity index (χ0) is 27.7. The summed E-state index contributed by atoms with van der Waals surface area (Å²) in [6.07, 6.45) is 1.67. The maximum atomic E-state index is 16.6. The second-order valence-electron chi connectivity index (χ2n) is 10.8. The molecule has 2 aromatic heterocycles. The average molecular weight is 588 g/mol. The Morgan fingerprint density at radius 3 is 2.55 bits per heavy atom. The third-order valence-electron chi connectivity index (χ3n) is 8.10. The van der Waals surface area contributed by atoms with Gasteiger partial charge in [0.05, 0.1) is 15.2 Å². The first-order chi connectivity index (χ1) is 19.3. The van der Waals surface area contributed by atoms with Gasteiger partial charge in [0.15, 0.2) is 10.9 Å². The first kappa shape index (κ1) is 26.0. The number of hydrogen-bond donors (Lipinski definition) is 2. The van der Waals surface area contributed by atoms with Crippen LogP contribution >= 0.6 is 22.9 Å². The summed E-state index contributed by atoms with van der Waals surface area (Å²) in [5.74, 6) is -0.554. The molecule has 0 spiro atoms. The number of likely N-dealkylation sites (N-methyl/N-ethyl adjacent to an activating group) is 1. The van der Waals surface area contributed by atoms with Crippen molar-refractivity contribution in [2.45, 2.75) is 37.1 Å². The van der Waals surface area contributed by atoms with Crippen LogP contribution in [0.25, 0.3) is 32.2 Å². The van der Waals surface area contributed by atoms with E-state index in [1.807, 2.05) is 7.05 Å². The van der Waals surface area contributed by atoms with Crippen LogP contribution in [0.4, 0.5) is 19.7 Å². The highest BCUT2D eigenvalue weighted by atomic mass is 35.5. The Bertz CT molecular complexity index is 1630. The fraction of sp³-hybridized carbons (Fsp3) is 0.444. The molecule has 2 aromatic carbocycles. The third-order valence-corrected chi connectivity index (χ3v) is 9.29. The molecule has 13 heteroatoms. The molecular formula is C27H28ClF2N7O2S. The molecule has 5 heterocycles. The minimum atomic E-state index is -0.652. The number of hydrogen-bond acceptors (Lipinski definition) is 10. The van der Waals surface area contributed by atoms with E-state index in [0.29, 0.717) is 41.9 Å². The first-order valence-electron chi connectivity index (χ1n) is 13.2. The Hall–Kier alpha value is -2.90. The molecular weight excluding hydrogens is 560 g/mol. The van der Waals surface area contributed by atoms with Crippen molar-refractivity contribution in [3.8, 4) is 17.1 Å². The molecule has 9 nitrogen and oxygen atoms in total. The molecule has 3 aliphatic heterocycles. The molecule has 2 bridgehead atoms. The maximum Gasteiger partial charge on any atom is 0.319 e. The Morgan fingerprint density at radius 2 is 1.80 bits per heavy atom. The summed E-state index contributed by atoms with van der Waals surface area (Å²) in [6.45, 7) is 2.79. The van der Waals surface area contributed by atoms with E-state index in [0.717, 1.165) is 37.3 Å². The number of piperazine rings is 1. The van der Waals surface area contributed by atoms with E-state index in [1.54, 1.807) is 13.2 Å². The summed E-state index contributed by atoms with van der Waals surface area (Å²) in [7, 11) is 3.63. The number of ether oxygens (including phenoxy) is 2. The highest BCUT2D eigenvalue weighted by molar-refractivity contribution is 7.22. The highest BCUT2D eigenvalue weighted by Gasteiger charge is 2.36. The summed E-state index contributed by atoms with van der Waals surface area (Å²) in [5, 5.41) is 4.44. The summed E-state index contributed by atoms with van der Waals surface area (Å²) in [4.78, 5) is 17.9. The van der Waals surface area contributed by atoms with Gasteiger partial charge in [0.25, 0.3) is 0 Å². The second kappa shape index (κ2) is 9.88. The Morgan fingerprint density at radius 1 is 1.05 bits per heavy atom. The van der Waals surface area contributed by atoms with E-state index in [1.165, 1.54) is 12.1 Å². The fourth-order valence-corrected chi connectivity index (χ4v) is 7.32. The van der Waals surface area contributed by atoms with Crippen molar-refractivity contribution in [1.29, 1.82) is 0 Å². The van der Waals surface area contributed by atoms with Crippen LogP contribution in [0.5, 0.6) is 6.01 Å². The van der Waals surface area contributed by atoms with Crippen molar-refractivity contribution in [3.63, 3.8) is 0 Å². The van der Waals surface area contributed by atoms with E-state index in [4.69, 9.17) is 31.8 Å². The SMILES string of the molecule is CO[C@@H]1CN(C)C[C@H]1Oc1nc(N2CC3CCC(C2)N3)c2cc(Cl)c(-c3ccc(F)c4sc(N)nc34)c(F)c2n1. The van der Waals surface area contributed by atoms with Gasteiger partial charge >= 0.3 is 6.01 Å². The normalized spacial score (nSPS) is 25.0. The minimum absolute atomic E-state index is 0.0741. The number of methoxy groups -OCH3 is 1. The van der Waals surface area contributed by atoms with Gasteiger partial charge in [0.2, 0.25) is 0 Å². The van der Waals surface area contributed by atoms with Gasteiger partial charge in [-0.1, -0.05) is 22.9 Å². The Kier molecular flexibility index (Phi) is 6.43. The summed E-state index contributed by atoms with van der Waals surface area (Å²) in [5.41, 5.74) is 6.64. The molecule has 210 valence electrons. The molecule has 40 heavy (non-hydrogen) atoms. The molecule has 4 aromatic rings. The molecule has 7 rings (SSSR count). The van der Waals surface area contributed by atoms with Crippen molar-refractivity contribution >= 4 is 55.0 Å². The molecule has 3 saturated heterocycles. The van der Waals surface area contributed by atoms with Crippen LogP contribution in [0.2, 0.25) is 5.02 Å². The van der Waals surface area contributed by atoms with Gasteiger partial charge in [-0.05, 0) is 38.1 Å². The van der Waals surface area contributed by atoms with E-state index in [9.17, 15) is 4.39 Å². The number of halogens is 3. The number of fused-ring (bicyclic) bond motifs is 4. The zero-order valence-electron chi connectivity index (χ0n) is 22.0. The van der Waals surface area contributed by atoms with Crippen molar-refractivity contribution in [3.05, 3.63) is 34.9 Å². The molecule has 0 radical (unpaired) electrons. The molecule has 3 N–H and O–H groups in total. The van der Waals surface area contributed by atoms with Crippen LogP contribution in [-0.2, 0) is 4.74 Å². The molecule has 0 amide bonds. The number of nitrogens with one attached hydrogen (secondary N) is 1. The molecule has 2 unspecified atom stereocenters. The average Bonchev–Trinajstić information content (AvgIpc) is 3.60. The molecule has 3 fully saturated rings. The monoisotopic (exact) mass is 587 g/mol. The quantitative estimate of drug-likeness (QED) is 0.358. The number of anilines is 2. The smallest absolute Gasteiger partial charge is 0.319 e. The van der Waals surface area contributed by atoms with Crippen LogP contribution in [0, 0.1) is 11.6 Å². The zero-order valence-corrected chi connectivity index (χ0v) is 23.5. The lowest BCUT2D eigenvalue weighted by Gasteiger charge is -2.34. The molecule has 0 aliphatic carbocycles. The second-order valence-corrected chi connectivity index (χ2v) is 12.2. The van der Waals surface area contributed by atoms with Crippen LogP contribution in [0.1, 0.15) is 12.8 Å². The minimum Gasteiger partial charge on any atom is -0.456 e. The van der Waals surface area contributed by atoms with Gasteiger partial charge < -0.3 is 25.4 Å². The number of rotatable bonds is 5. The lowest BCUT2D eigenvalue weighted by Crippen LogP contribution is -2.51. The van der Waals surface area contributed by atoms with Crippen LogP contribution in [0.15, 0.2) is 18.2 Å². The van der Waals surface area contributed by atoms with Crippen molar-refractivity contribution in [2.75, 3.05) is 51.0 Å². The molecule has 3 aliphatic rings. The Balaban J connectivity index is 1.41. The number of likely N-dealkylation sites (tertiary alicyclic amines) is 1. The standard InChI is InChI=1S/C27H28ClF2N7O2S/c1-36-10-18(38-2)19(11-36)39-27-34-22-15(25(35-27)37-8-12-3-4-13(9-37)32-12)7-16(28)20(21(22)30)14-5-6-17(29)24-23(14)33-26(31)40-24/h5-7,12-13,18-19,32H,3-4,8-11H2,1-2H3,(H2,31,33)/t12?,13?,18-,19-/m1/s1. The van der Waals surface area contributed by atoms with E-state index in [2.05, 4.69) is 25.1 Å². The van der Waals surface area contributed by atoms with Crippen molar-refractivity contribution in [1.82, 2.24) is 25.2 Å². The third kappa shape index (κ3) is 4.33. The largest absolute Gasteiger partial charge is 0.456 e. The number of nitrogens with two attached hydrogens (primary N) is 1. The van der Waals surface area contributed by atoms with Gasteiger partial charge in [0, 0.05) is 61.9 Å². The highest BCUT2D eigenvalue weighted by Crippen LogP contribution is 2.43. The van der Waals surface area contributed by atoms with E-state index < -0.39 is 11.6 Å². The fourth-order valence-electron chi connectivity index (χ4n) is 6.26. The first-order valence-corrected chi connectivity index (χ1v) is 14.4. The van der Waals surface area contributed by atoms with Crippen LogP contribution in [-0.4, -0.2) is 84.5 Å². The van der Waals surface area contributed by atoms with Gasteiger partial charge in [-0.15, -0.1) is 0 Å². The predicted molar refractivity (Wildman–Crippen MR) is 152 cm³/mol. The van der Waals surface area contributed by atoms with E-state index in [-0.39, 0.29) is 49.7 Å². The lowest BCUT2D eigenvalue weighted by atomic mass is 10.0. The van der Waals surface area contributed by atoms with Gasteiger partial charge in [-0.2, -0.15) is 9.97 Å². The predicted octanol–water partition coefficient (Wildman–Crippen LogP) is 4.07. The van der Waals surface area contributed by atoms with Gasteiger partial charge in [0.1, 0.15) is 29.4 Å². The van der Waals surface area contributed by atoms with Crippen molar-refractivity contribution in [2.24, 2.45) is 0 Å². The maximum absolute atomic E-state index is 16.6. The van der Waals surface area contributed by atoms with Gasteiger partial charge in [-0.3, -0.25) is 4.90 Å². The van der Waals surface area contributed by atoms with Crippen LogP contribution in [0.3, 0.4) is 0 Å². The number of nitrogen functional groups attached to an aromatic ring is 1. The topological polar surface area (TPSA) is 102 Å². The van der Waals surface area contributed by atoms with Crippen LogP contribution < -0.4 is 20.7 Å². The molecule has 4 atom stereocenters. The number of benzene rings is 2. The number of thiazole rings is 1. The van der Waals surface area contributed by atoms with E-state index >= 15 is 4.39 Å². The number of nitrogens with zero attached hydrogens (tertiary/aromatic N) is 5. The van der Waals surface area contributed by atoms with Gasteiger partial charge in [-0.25, -0.2) is 13.8 Å². The summed E-state index contributed by atoms with van der Waals surface area (Å²) >= 11 is 7.78. The molecule has 0 saturated carbocycles. The summed E-state index contributed by atoms with van der Waals surface area (Å²) < 4.78 is 43.3. The lowest BCUT2D eigenvalue weighted by molar-refractivity contribution is 0.0300. The Labute approximate surface area is 238 Å². The number of aromatic nitrogens is 3. The van der Waals surface area contributed by atoms with Crippen molar-refractivity contribution < 1.29 is 18.3 Å².